The quantitative estimate of drug-likeness (QED) is 0.656. The standard InChI is InChI=1S/C26H29N5O2/c1-29(22-11-3-2-4-12-22)26(33)23-14-27-28-25(23)21-10-7-13-31(17-21)24(32)18-30-15-19-8-5-6-9-20(19)16-30/h2-6,8-9,11-12,14,21H,7,10,13,15-18H2,1H3,(H,27,28). The van der Waals surface area contributed by atoms with Crippen LogP contribution in [0.5, 0.6) is 0 Å². The number of anilines is 1. The number of aromatic nitrogens is 2. The maximum atomic E-state index is 13.2. The Kier molecular flexibility index (Phi) is 5.96. The summed E-state index contributed by atoms with van der Waals surface area (Å²) in [5.74, 6) is 0.133. The molecule has 2 aliphatic heterocycles. The average Bonchev–Trinajstić information content (AvgIpc) is 3.50. The van der Waals surface area contributed by atoms with Crippen LogP contribution in [0, 0.1) is 0 Å². The minimum Gasteiger partial charge on any atom is -0.341 e. The fraction of sp³-hybridized carbons (Fsp3) is 0.346. The smallest absolute Gasteiger partial charge is 0.261 e. The second-order valence-electron chi connectivity index (χ2n) is 8.99. The van der Waals surface area contributed by atoms with E-state index in [1.165, 1.54) is 11.1 Å². The first-order valence-corrected chi connectivity index (χ1v) is 11.5. The van der Waals surface area contributed by atoms with Gasteiger partial charge in [0.2, 0.25) is 5.91 Å². The molecule has 2 aromatic carbocycles. The molecule has 1 atom stereocenters. The second-order valence-corrected chi connectivity index (χ2v) is 8.99. The van der Waals surface area contributed by atoms with Crippen LogP contribution in [-0.2, 0) is 17.9 Å². The van der Waals surface area contributed by atoms with Gasteiger partial charge < -0.3 is 9.80 Å². The van der Waals surface area contributed by atoms with E-state index in [2.05, 4.69) is 39.4 Å². The highest BCUT2D eigenvalue weighted by Crippen LogP contribution is 2.30. The molecule has 5 rings (SSSR count). The van der Waals surface area contributed by atoms with Gasteiger partial charge in [0.05, 0.1) is 24.0 Å². The Morgan fingerprint density at radius 3 is 2.48 bits per heavy atom. The van der Waals surface area contributed by atoms with E-state index in [0.717, 1.165) is 43.9 Å². The van der Waals surface area contributed by atoms with Crippen LogP contribution < -0.4 is 4.90 Å². The number of para-hydroxylation sites is 1. The number of H-pyrrole nitrogens is 1. The molecule has 7 nitrogen and oxygen atoms in total. The Bertz CT molecular complexity index is 1120. The number of hydrogen-bond donors (Lipinski definition) is 1. The Balaban J connectivity index is 1.25. The predicted molar refractivity (Wildman–Crippen MR) is 127 cm³/mol. The molecule has 0 aliphatic carbocycles. The summed E-state index contributed by atoms with van der Waals surface area (Å²) in [5.41, 5.74) is 4.86. The Labute approximate surface area is 194 Å². The summed E-state index contributed by atoms with van der Waals surface area (Å²) in [4.78, 5) is 32.1. The molecule has 0 bridgehead atoms. The third kappa shape index (κ3) is 4.41. The minimum atomic E-state index is -0.0942. The van der Waals surface area contributed by atoms with Gasteiger partial charge >= 0.3 is 0 Å². The van der Waals surface area contributed by atoms with Crippen molar-refractivity contribution < 1.29 is 9.59 Å². The molecule has 0 radical (unpaired) electrons. The van der Waals surface area contributed by atoms with Crippen molar-refractivity contribution in [2.24, 2.45) is 0 Å². The fourth-order valence-corrected chi connectivity index (χ4v) is 4.97. The van der Waals surface area contributed by atoms with Gasteiger partial charge in [-0.15, -0.1) is 0 Å². The number of fused-ring (bicyclic) bond motifs is 1. The largest absolute Gasteiger partial charge is 0.341 e. The Morgan fingerprint density at radius 2 is 1.76 bits per heavy atom. The lowest BCUT2D eigenvalue weighted by atomic mass is 9.92. The number of hydrogen-bond acceptors (Lipinski definition) is 4. The number of likely N-dealkylation sites (tertiary alicyclic amines) is 1. The molecular weight excluding hydrogens is 414 g/mol. The molecule has 3 heterocycles. The second kappa shape index (κ2) is 9.19. The van der Waals surface area contributed by atoms with Crippen LogP contribution in [-0.4, -0.2) is 58.5 Å². The molecule has 3 aromatic rings. The Hall–Kier alpha value is -3.45. The van der Waals surface area contributed by atoms with Gasteiger partial charge in [0.1, 0.15) is 0 Å². The van der Waals surface area contributed by atoms with Crippen LogP contribution in [0.2, 0.25) is 0 Å². The molecule has 1 saturated heterocycles. The maximum Gasteiger partial charge on any atom is 0.261 e. The number of nitrogens with one attached hydrogen (secondary N) is 1. The number of rotatable bonds is 5. The van der Waals surface area contributed by atoms with E-state index in [-0.39, 0.29) is 17.7 Å². The van der Waals surface area contributed by atoms with E-state index in [1.807, 2.05) is 35.2 Å². The molecule has 1 N–H and O–H groups in total. The van der Waals surface area contributed by atoms with Crippen molar-refractivity contribution in [2.75, 3.05) is 31.6 Å². The third-order valence-corrected chi connectivity index (χ3v) is 6.79. The van der Waals surface area contributed by atoms with Gasteiger partial charge in [-0.25, -0.2) is 0 Å². The van der Waals surface area contributed by atoms with Crippen molar-refractivity contribution in [3.63, 3.8) is 0 Å². The molecule has 0 saturated carbocycles. The topological polar surface area (TPSA) is 72.5 Å². The van der Waals surface area contributed by atoms with Crippen LogP contribution in [0.15, 0.2) is 60.8 Å². The minimum absolute atomic E-state index is 0.0732. The highest BCUT2D eigenvalue weighted by molar-refractivity contribution is 6.06. The van der Waals surface area contributed by atoms with Crippen molar-refractivity contribution in [3.05, 3.63) is 83.2 Å². The first-order chi connectivity index (χ1) is 16.1. The molecule has 2 aliphatic rings. The third-order valence-electron chi connectivity index (χ3n) is 6.79. The number of amides is 2. The van der Waals surface area contributed by atoms with Gasteiger partial charge in [0, 0.05) is 44.8 Å². The van der Waals surface area contributed by atoms with Crippen molar-refractivity contribution in [3.8, 4) is 0 Å². The first-order valence-electron chi connectivity index (χ1n) is 11.5. The monoisotopic (exact) mass is 443 g/mol. The molecule has 2 amide bonds. The summed E-state index contributed by atoms with van der Waals surface area (Å²) in [6.45, 7) is 3.44. The number of aromatic amines is 1. The SMILES string of the molecule is CN(C(=O)c1cn[nH]c1C1CCCN(C(=O)CN2Cc3ccccc3C2)C1)c1ccccc1. The molecule has 0 spiro atoms. The number of nitrogens with zero attached hydrogens (tertiary/aromatic N) is 4. The summed E-state index contributed by atoms with van der Waals surface area (Å²) < 4.78 is 0. The summed E-state index contributed by atoms with van der Waals surface area (Å²) in [7, 11) is 1.78. The number of piperidine rings is 1. The van der Waals surface area contributed by atoms with Crippen LogP contribution >= 0.6 is 0 Å². The van der Waals surface area contributed by atoms with Crippen molar-refractivity contribution in [1.82, 2.24) is 20.0 Å². The number of benzene rings is 2. The molecule has 1 fully saturated rings. The highest BCUT2D eigenvalue weighted by atomic mass is 16.2. The number of carbonyl (C=O) groups excluding carboxylic acids is 2. The summed E-state index contributed by atoms with van der Waals surface area (Å²) in [6, 6.07) is 18.0. The zero-order valence-electron chi connectivity index (χ0n) is 18.9. The van der Waals surface area contributed by atoms with Crippen molar-refractivity contribution in [2.45, 2.75) is 31.8 Å². The van der Waals surface area contributed by atoms with E-state index < -0.39 is 0 Å². The lowest BCUT2D eigenvalue weighted by Gasteiger charge is -2.34. The van der Waals surface area contributed by atoms with Gasteiger partial charge in [-0.1, -0.05) is 42.5 Å². The molecule has 33 heavy (non-hydrogen) atoms. The number of carbonyl (C=O) groups is 2. The molecule has 170 valence electrons. The van der Waals surface area contributed by atoms with E-state index in [9.17, 15) is 9.59 Å². The van der Waals surface area contributed by atoms with Gasteiger partial charge in [-0.3, -0.25) is 19.6 Å². The van der Waals surface area contributed by atoms with Crippen LogP contribution in [0.25, 0.3) is 0 Å². The normalized spacial score (nSPS) is 18.2. The zero-order chi connectivity index (χ0) is 22.8. The van der Waals surface area contributed by atoms with Gasteiger partial charge in [0.15, 0.2) is 0 Å². The lowest BCUT2D eigenvalue weighted by Crippen LogP contribution is -2.44. The Morgan fingerprint density at radius 1 is 1.06 bits per heavy atom. The van der Waals surface area contributed by atoms with Crippen LogP contribution in [0.4, 0.5) is 5.69 Å². The van der Waals surface area contributed by atoms with E-state index >= 15 is 0 Å². The first kappa shape index (κ1) is 21.4. The van der Waals surface area contributed by atoms with Gasteiger partial charge in [-0.05, 0) is 36.1 Å². The summed E-state index contributed by atoms with van der Waals surface area (Å²) in [5, 5.41) is 7.25. The van der Waals surface area contributed by atoms with Crippen molar-refractivity contribution in [1.29, 1.82) is 0 Å². The molecular formula is C26H29N5O2. The molecule has 7 heteroatoms. The lowest BCUT2D eigenvalue weighted by molar-refractivity contribution is -0.133. The molecule has 1 unspecified atom stereocenters. The zero-order valence-corrected chi connectivity index (χ0v) is 18.9. The molecule has 1 aromatic heterocycles. The summed E-state index contributed by atoms with van der Waals surface area (Å²) in [6.07, 6.45) is 3.45. The van der Waals surface area contributed by atoms with E-state index in [4.69, 9.17) is 0 Å². The highest BCUT2D eigenvalue weighted by Gasteiger charge is 2.31. The van der Waals surface area contributed by atoms with Gasteiger partial charge in [0.25, 0.3) is 5.91 Å². The van der Waals surface area contributed by atoms with Crippen LogP contribution in [0.3, 0.4) is 0 Å². The van der Waals surface area contributed by atoms with Gasteiger partial charge in [-0.2, -0.15) is 5.10 Å². The van der Waals surface area contributed by atoms with E-state index in [1.54, 1.807) is 18.1 Å². The maximum absolute atomic E-state index is 13.2. The predicted octanol–water partition coefficient (Wildman–Crippen LogP) is 3.41. The summed E-state index contributed by atoms with van der Waals surface area (Å²) >= 11 is 0. The van der Waals surface area contributed by atoms with E-state index in [0.29, 0.717) is 18.7 Å². The fourth-order valence-electron chi connectivity index (χ4n) is 4.97. The average molecular weight is 444 g/mol. The van der Waals surface area contributed by atoms with Crippen molar-refractivity contribution >= 4 is 17.5 Å². The van der Waals surface area contributed by atoms with Crippen LogP contribution in [0.1, 0.15) is 45.9 Å².